The molecule has 8 nitrogen and oxygen atoms in total. The molecule has 0 radical (unpaired) electrons. The lowest BCUT2D eigenvalue weighted by Crippen LogP contribution is -2.57. The van der Waals surface area contributed by atoms with Crippen LogP contribution < -0.4 is 0 Å². The molecule has 2 aromatic rings. The van der Waals surface area contributed by atoms with E-state index in [9.17, 15) is 19.5 Å². The molecule has 3 heterocycles. The maximum Gasteiger partial charge on any atom is 0.248 e. The zero-order valence-electron chi connectivity index (χ0n) is 25.7. The van der Waals surface area contributed by atoms with E-state index in [0.29, 0.717) is 39.0 Å². The minimum absolute atomic E-state index is 0.169. The van der Waals surface area contributed by atoms with Crippen LogP contribution in [-0.4, -0.2) is 81.5 Å². The van der Waals surface area contributed by atoms with Crippen molar-refractivity contribution in [2.45, 2.75) is 69.4 Å². The molecule has 2 unspecified atom stereocenters. The first-order chi connectivity index (χ1) is 21.4. The zero-order chi connectivity index (χ0) is 31.3. The van der Waals surface area contributed by atoms with Crippen LogP contribution in [0.25, 0.3) is 0 Å². The molecule has 3 aliphatic heterocycles. The summed E-state index contributed by atoms with van der Waals surface area (Å²) in [6.07, 6.45) is 6.82. The molecule has 1 N–H and O–H groups in total. The predicted molar refractivity (Wildman–Crippen MR) is 169 cm³/mol. The molecule has 3 amide bonds. The maximum absolute atomic E-state index is 14.7. The van der Waals surface area contributed by atoms with Gasteiger partial charge in [-0.05, 0) is 30.4 Å². The molecule has 234 valence electrons. The number of carbonyl (C=O) groups is 3. The molecule has 2 bridgehead atoms. The molecule has 0 aliphatic carbocycles. The van der Waals surface area contributed by atoms with Gasteiger partial charge in [-0.25, -0.2) is 0 Å². The highest BCUT2D eigenvalue weighted by molar-refractivity contribution is 5.99. The maximum atomic E-state index is 14.7. The molecule has 44 heavy (non-hydrogen) atoms. The van der Waals surface area contributed by atoms with Gasteiger partial charge in [0.05, 0.1) is 30.6 Å². The Morgan fingerprint density at radius 3 is 2.32 bits per heavy atom. The van der Waals surface area contributed by atoms with E-state index >= 15 is 0 Å². The van der Waals surface area contributed by atoms with Gasteiger partial charge in [0.25, 0.3) is 0 Å². The molecule has 0 aromatic heterocycles. The first-order valence-corrected chi connectivity index (χ1v) is 15.9. The van der Waals surface area contributed by atoms with Crippen LogP contribution in [0.1, 0.15) is 56.2 Å². The number of carbonyl (C=O) groups excluding carboxylic acids is 3. The third-order valence-electron chi connectivity index (χ3n) is 9.52. The van der Waals surface area contributed by atoms with Crippen molar-refractivity contribution < 1.29 is 24.2 Å². The van der Waals surface area contributed by atoms with E-state index in [1.807, 2.05) is 60.7 Å². The Balaban J connectivity index is 1.55. The zero-order valence-corrected chi connectivity index (χ0v) is 25.7. The largest absolute Gasteiger partial charge is 0.394 e. The SMILES string of the molecule is C=CCN(CCCCC)C(=O)C1N([C@H](CO)c2ccccc2)C(=O)[C@@H]2[C@H](C(=O)N(CC=C)Cc3ccccc3)[C@@H]3CCC12O3. The van der Waals surface area contributed by atoms with Crippen LogP contribution in [0, 0.1) is 11.8 Å². The second kappa shape index (κ2) is 13.9. The molecule has 0 saturated carbocycles. The van der Waals surface area contributed by atoms with E-state index in [4.69, 9.17) is 4.74 Å². The van der Waals surface area contributed by atoms with Crippen molar-refractivity contribution in [1.29, 1.82) is 0 Å². The van der Waals surface area contributed by atoms with E-state index in [-0.39, 0.29) is 24.3 Å². The molecule has 3 aliphatic rings. The Labute approximate surface area is 261 Å². The van der Waals surface area contributed by atoms with Crippen LogP contribution in [0.15, 0.2) is 86.0 Å². The van der Waals surface area contributed by atoms with Gasteiger partial charge in [-0.1, -0.05) is 92.6 Å². The minimum Gasteiger partial charge on any atom is -0.394 e. The number of rotatable bonds is 15. The molecule has 3 fully saturated rings. The lowest BCUT2D eigenvalue weighted by Gasteiger charge is -2.39. The summed E-state index contributed by atoms with van der Waals surface area (Å²) in [5, 5.41) is 10.7. The van der Waals surface area contributed by atoms with Crippen LogP contribution in [-0.2, 0) is 25.7 Å². The average molecular weight is 600 g/mol. The second-order valence-electron chi connectivity index (χ2n) is 12.2. The van der Waals surface area contributed by atoms with E-state index in [0.717, 1.165) is 30.4 Å². The van der Waals surface area contributed by atoms with Crippen LogP contribution in [0.3, 0.4) is 0 Å². The van der Waals surface area contributed by atoms with Crippen molar-refractivity contribution in [3.05, 3.63) is 97.1 Å². The summed E-state index contributed by atoms with van der Waals surface area (Å²) in [6, 6.07) is 17.3. The summed E-state index contributed by atoms with van der Waals surface area (Å²) in [4.78, 5) is 48.8. The lowest BCUT2D eigenvalue weighted by atomic mass is 9.70. The molecule has 3 saturated heterocycles. The molecule has 6 atom stereocenters. The Hall–Kier alpha value is -3.75. The average Bonchev–Trinajstić information content (AvgIpc) is 3.69. The number of likely N-dealkylation sites (tertiary alicyclic amines) is 1. The highest BCUT2D eigenvalue weighted by Crippen LogP contribution is 2.60. The monoisotopic (exact) mass is 599 g/mol. The highest BCUT2D eigenvalue weighted by atomic mass is 16.5. The number of unbranched alkanes of at least 4 members (excludes halogenated alkanes) is 2. The van der Waals surface area contributed by atoms with Crippen LogP contribution in [0.4, 0.5) is 0 Å². The summed E-state index contributed by atoms with van der Waals surface area (Å²) in [6.45, 7) is 11.1. The van der Waals surface area contributed by atoms with Crippen molar-refractivity contribution in [2.24, 2.45) is 11.8 Å². The third-order valence-corrected chi connectivity index (χ3v) is 9.52. The number of ether oxygens (including phenoxy) is 1. The summed E-state index contributed by atoms with van der Waals surface area (Å²) < 4.78 is 6.72. The normalized spacial score (nSPS) is 25.9. The number of fused-ring (bicyclic) bond motifs is 1. The van der Waals surface area contributed by atoms with Crippen molar-refractivity contribution in [2.75, 3.05) is 26.2 Å². The number of benzene rings is 2. The van der Waals surface area contributed by atoms with Crippen LogP contribution >= 0.6 is 0 Å². The van der Waals surface area contributed by atoms with E-state index < -0.39 is 35.6 Å². The topological polar surface area (TPSA) is 90.4 Å². The number of amides is 3. The summed E-state index contributed by atoms with van der Waals surface area (Å²) in [7, 11) is 0. The summed E-state index contributed by atoms with van der Waals surface area (Å²) >= 11 is 0. The molecule has 8 heteroatoms. The highest BCUT2D eigenvalue weighted by Gasteiger charge is 2.75. The van der Waals surface area contributed by atoms with Gasteiger partial charge >= 0.3 is 0 Å². The van der Waals surface area contributed by atoms with E-state index in [1.165, 1.54) is 0 Å². The predicted octanol–water partition coefficient (Wildman–Crippen LogP) is 4.51. The Morgan fingerprint density at radius 2 is 1.68 bits per heavy atom. The van der Waals surface area contributed by atoms with Gasteiger partial charge in [-0.15, -0.1) is 13.2 Å². The fraction of sp³-hybridized carbons (Fsp3) is 0.472. The van der Waals surface area contributed by atoms with Gasteiger partial charge in [0.1, 0.15) is 11.6 Å². The fourth-order valence-corrected chi connectivity index (χ4v) is 7.59. The molecule has 5 rings (SSSR count). The van der Waals surface area contributed by atoms with E-state index in [1.54, 1.807) is 26.9 Å². The van der Waals surface area contributed by atoms with Gasteiger partial charge in [-0.2, -0.15) is 0 Å². The number of aliphatic hydroxyl groups excluding tert-OH is 1. The standard InChI is InChI=1S/C36H45N3O5/c1-4-7-14-23-37(21-5-2)35(43)32-36-20-19-29(44-36)30(33(41)38(22-6-3)24-26-15-10-8-11-16-26)31(36)34(42)39(32)28(25-40)27-17-12-9-13-18-27/h5-6,8-13,15-18,28-32,40H,2-4,7,14,19-25H2,1H3/t28-,29+,30-,31+,32?,36?/m1/s1. The molecular formula is C36H45N3O5. The third kappa shape index (κ3) is 5.73. The first kappa shape index (κ1) is 31.7. The second-order valence-corrected chi connectivity index (χ2v) is 12.2. The minimum atomic E-state index is -1.15. The summed E-state index contributed by atoms with van der Waals surface area (Å²) in [5.41, 5.74) is 0.553. The smallest absolute Gasteiger partial charge is 0.248 e. The quantitative estimate of drug-likeness (QED) is 0.240. The number of nitrogens with zero attached hydrogens (tertiary/aromatic N) is 3. The van der Waals surface area contributed by atoms with Crippen molar-refractivity contribution >= 4 is 17.7 Å². The van der Waals surface area contributed by atoms with Gasteiger partial charge < -0.3 is 24.5 Å². The van der Waals surface area contributed by atoms with Gasteiger partial charge in [0, 0.05) is 26.2 Å². The number of hydrogen-bond acceptors (Lipinski definition) is 5. The van der Waals surface area contributed by atoms with Crippen molar-refractivity contribution in [3.8, 4) is 0 Å². The Kier molecular flexibility index (Phi) is 10.0. The first-order valence-electron chi connectivity index (χ1n) is 15.9. The number of aliphatic hydroxyl groups is 1. The molecule has 1 spiro atoms. The summed E-state index contributed by atoms with van der Waals surface area (Å²) in [5.74, 6) is -2.25. The van der Waals surface area contributed by atoms with E-state index in [2.05, 4.69) is 20.1 Å². The fourth-order valence-electron chi connectivity index (χ4n) is 7.59. The molecule has 2 aromatic carbocycles. The van der Waals surface area contributed by atoms with Crippen LogP contribution in [0.2, 0.25) is 0 Å². The number of hydrogen-bond donors (Lipinski definition) is 1. The van der Waals surface area contributed by atoms with Gasteiger partial charge in [0.15, 0.2) is 0 Å². The van der Waals surface area contributed by atoms with Crippen molar-refractivity contribution in [3.63, 3.8) is 0 Å². The lowest BCUT2D eigenvalue weighted by molar-refractivity contribution is -0.152. The molecular weight excluding hydrogens is 554 g/mol. The Bertz CT molecular complexity index is 1330. The van der Waals surface area contributed by atoms with Crippen LogP contribution in [0.5, 0.6) is 0 Å². The van der Waals surface area contributed by atoms with Crippen molar-refractivity contribution in [1.82, 2.24) is 14.7 Å². The van der Waals surface area contributed by atoms with Gasteiger partial charge in [0.2, 0.25) is 17.7 Å². The van der Waals surface area contributed by atoms with Gasteiger partial charge in [-0.3, -0.25) is 14.4 Å². The Morgan fingerprint density at radius 1 is 1.02 bits per heavy atom.